The number of hydrogen-bond acceptors (Lipinski definition) is 2. The van der Waals surface area contributed by atoms with Crippen LogP contribution < -0.4 is 5.32 Å². The topological polar surface area (TPSA) is 51.1 Å². The second-order valence-corrected chi connectivity index (χ2v) is 5.46. The molecule has 0 spiro atoms. The molecule has 4 nitrogen and oxygen atoms in total. The van der Waals surface area contributed by atoms with Gasteiger partial charge in [-0.05, 0) is 24.3 Å². The van der Waals surface area contributed by atoms with Crippen LogP contribution in [0.4, 0.5) is 10.1 Å². The van der Waals surface area contributed by atoms with Gasteiger partial charge in [0.05, 0.1) is 5.69 Å². The zero-order valence-corrected chi connectivity index (χ0v) is 12.7. The van der Waals surface area contributed by atoms with Crippen LogP contribution in [0.2, 0.25) is 5.02 Å². The SMILES string of the molecule is O=Cc1cn(CC(=O)Nc2ccc(Cl)cc2F)c2ccccc12. The molecule has 0 unspecified atom stereocenters. The van der Waals surface area contributed by atoms with E-state index < -0.39 is 11.7 Å². The van der Waals surface area contributed by atoms with Crippen molar-refractivity contribution in [1.82, 2.24) is 4.57 Å². The molecular formula is C17H12ClFN2O2. The molecule has 1 amide bonds. The van der Waals surface area contributed by atoms with Crippen molar-refractivity contribution in [2.75, 3.05) is 5.32 Å². The molecule has 23 heavy (non-hydrogen) atoms. The summed E-state index contributed by atoms with van der Waals surface area (Å²) in [6.07, 6.45) is 2.35. The van der Waals surface area contributed by atoms with Gasteiger partial charge in [-0.1, -0.05) is 29.8 Å². The van der Waals surface area contributed by atoms with E-state index in [1.165, 1.54) is 12.1 Å². The molecule has 0 fully saturated rings. The van der Waals surface area contributed by atoms with Crippen LogP contribution in [0.3, 0.4) is 0 Å². The molecule has 3 rings (SSSR count). The number of hydrogen-bond donors (Lipinski definition) is 1. The van der Waals surface area contributed by atoms with E-state index in [1.54, 1.807) is 10.8 Å². The van der Waals surface area contributed by atoms with E-state index >= 15 is 0 Å². The highest BCUT2D eigenvalue weighted by Crippen LogP contribution is 2.21. The van der Waals surface area contributed by atoms with Crippen molar-refractivity contribution >= 4 is 40.4 Å². The first-order chi connectivity index (χ1) is 11.1. The maximum absolute atomic E-state index is 13.7. The lowest BCUT2D eigenvalue weighted by Gasteiger charge is -2.08. The molecule has 1 heterocycles. The standard InChI is InChI=1S/C17H12ClFN2O2/c18-12-5-6-15(14(19)7-12)20-17(23)9-21-8-11(10-22)13-3-1-2-4-16(13)21/h1-8,10H,9H2,(H,20,23). The third kappa shape index (κ3) is 3.10. The number of carbonyl (C=O) groups excluding carboxylic acids is 2. The third-order valence-corrected chi connectivity index (χ3v) is 3.70. The average Bonchev–Trinajstić information content (AvgIpc) is 2.88. The molecule has 1 aromatic heterocycles. The Balaban J connectivity index is 1.84. The maximum atomic E-state index is 13.7. The van der Waals surface area contributed by atoms with E-state index in [2.05, 4.69) is 5.32 Å². The zero-order valence-electron chi connectivity index (χ0n) is 11.9. The number of halogens is 2. The molecule has 0 aliphatic carbocycles. The minimum Gasteiger partial charge on any atom is -0.337 e. The predicted octanol–water partition coefficient (Wildman–Crippen LogP) is 3.89. The van der Waals surface area contributed by atoms with Gasteiger partial charge in [0.1, 0.15) is 12.4 Å². The molecule has 2 aromatic carbocycles. The first-order valence-corrected chi connectivity index (χ1v) is 7.24. The molecule has 0 saturated heterocycles. The first-order valence-electron chi connectivity index (χ1n) is 6.86. The van der Waals surface area contributed by atoms with E-state index in [-0.39, 0.29) is 17.3 Å². The molecular weight excluding hydrogens is 319 g/mol. The van der Waals surface area contributed by atoms with Gasteiger partial charge >= 0.3 is 0 Å². The number of carbonyl (C=O) groups is 2. The number of para-hydroxylation sites is 1. The Morgan fingerprint density at radius 3 is 2.78 bits per heavy atom. The van der Waals surface area contributed by atoms with Gasteiger partial charge in [0.2, 0.25) is 5.91 Å². The monoisotopic (exact) mass is 330 g/mol. The second kappa shape index (κ2) is 6.22. The quantitative estimate of drug-likeness (QED) is 0.738. The normalized spacial score (nSPS) is 10.7. The van der Waals surface area contributed by atoms with Crippen LogP contribution in [0.1, 0.15) is 10.4 Å². The van der Waals surface area contributed by atoms with Gasteiger partial charge < -0.3 is 9.88 Å². The fourth-order valence-corrected chi connectivity index (χ4v) is 2.59. The molecule has 0 radical (unpaired) electrons. The highest BCUT2D eigenvalue weighted by Gasteiger charge is 2.12. The van der Waals surface area contributed by atoms with Crippen molar-refractivity contribution in [3.8, 4) is 0 Å². The van der Waals surface area contributed by atoms with Crippen molar-refractivity contribution in [2.24, 2.45) is 0 Å². The van der Waals surface area contributed by atoms with Gasteiger partial charge in [-0.3, -0.25) is 9.59 Å². The number of rotatable bonds is 4. The Bertz CT molecular complexity index is 905. The summed E-state index contributed by atoms with van der Waals surface area (Å²) in [7, 11) is 0. The summed E-state index contributed by atoms with van der Waals surface area (Å²) in [5.74, 6) is -0.999. The van der Waals surface area contributed by atoms with Crippen molar-refractivity contribution in [2.45, 2.75) is 6.54 Å². The number of fused-ring (bicyclic) bond motifs is 1. The summed E-state index contributed by atoms with van der Waals surface area (Å²) in [5, 5.41) is 3.52. The molecule has 0 atom stereocenters. The molecule has 116 valence electrons. The lowest BCUT2D eigenvalue weighted by Crippen LogP contribution is -2.18. The van der Waals surface area contributed by atoms with E-state index in [0.717, 1.165) is 23.3 Å². The lowest BCUT2D eigenvalue weighted by molar-refractivity contribution is -0.116. The van der Waals surface area contributed by atoms with Crippen LogP contribution in [-0.2, 0) is 11.3 Å². The Hall–Kier alpha value is -2.66. The smallest absolute Gasteiger partial charge is 0.244 e. The number of aromatic nitrogens is 1. The highest BCUT2D eigenvalue weighted by atomic mass is 35.5. The highest BCUT2D eigenvalue weighted by molar-refractivity contribution is 6.30. The Labute approximate surface area is 136 Å². The molecule has 1 N–H and O–H groups in total. The van der Waals surface area contributed by atoms with Gasteiger partial charge in [-0.25, -0.2) is 4.39 Å². The number of nitrogens with zero attached hydrogens (tertiary/aromatic N) is 1. The summed E-state index contributed by atoms with van der Waals surface area (Å²) in [6.45, 7) is -0.0313. The van der Waals surface area contributed by atoms with Crippen LogP contribution in [-0.4, -0.2) is 16.8 Å². The Morgan fingerprint density at radius 1 is 1.26 bits per heavy atom. The first kappa shape index (κ1) is 15.2. The minimum absolute atomic E-state index is 0.0313. The fourth-order valence-electron chi connectivity index (χ4n) is 2.44. The van der Waals surface area contributed by atoms with Gasteiger partial charge in [0, 0.05) is 27.7 Å². The van der Waals surface area contributed by atoms with Crippen molar-refractivity contribution in [3.63, 3.8) is 0 Å². The number of aldehydes is 1. The summed E-state index contributed by atoms with van der Waals surface area (Å²) in [4.78, 5) is 23.3. The number of amides is 1. The lowest BCUT2D eigenvalue weighted by atomic mass is 10.2. The van der Waals surface area contributed by atoms with Crippen LogP contribution in [0.5, 0.6) is 0 Å². The summed E-state index contributed by atoms with van der Waals surface area (Å²) < 4.78 is 15.4. The van der Waals surface area contributed by atoms with Crippen LogP contribution in [0.15, 0.2) is 48.7 Å². The average molecular weight is 331 g/mol. The molecule has 0 aliphatic rings. The molecule has 0 aliphatic heterocycles. The fraction of sp³-hybridized carbons (Fsp3) is 0.0588. The molecule has 0 saturated carbocycles. The predicted molar refractivity (Wildman–Crippen MR) is 87.4 cm³/mol. The van der Waals surface area contributed by atoms with Crippen molar-refractivity contribution in [3.05, 3.63) is 65.1 Å². The summed E-state index contributed by atoms with van der Waals surface area (Å²) in [5.41, 5.74) is 1.33. The van der Waals surface area contributed by atoms with Crippen molar-refractivity contribution < 1.29 is 14.0 Å². The number of nitrogens with one attached hydrogen (secondary N) is 1. The molecule has 3 aromatic rings. The van der Waals surface area contributed by atoms with E-state index in [4.69, 9.17) is 11.6 Å². The summed E-state index contributed by atoms with van der Waals surface area (Å²) >= 11 is 5.68. The van der Waals surface area contributed by atoms with Crippen molar-refractivity contribution in [1.29, 1.82) is 0 Å². The van der Waals surface area contributed by atoms with Gasteiger partial charge in [-0.2, -0.15) is 0 Å². The summed E-state index contributed by atoms with van der Waals surface area (Å²) in [6, 6.07) is 11.3. The Kier molecular flexibility index (Phi) is 4.12. The minimum atomic E-state index is -0.600. The second-order valence-electron chi connectivity index (χ2n) is 5.02. The van der Waals surface area contributed by atoms with Gasteiger partial charge in [-0.15, -0.1) is 0 Å². The molecule has 0 bridgehead atoms. The number of anilines is 1. The van der Waals surface area contributed by atoms with Gasteiger partial charge in [0.25, 0.3) is 0 Å². The van der Waals surface area contributed by atoms with Crippen LogP contribution in [0.25, 0.3) is 10.9 Å². The zero-order chi connectivity index (χ0) is 16.4. The maximum Gasteiger partial charge on any atom is 0.244 e. The van der Waals surface area contributed by atoms with Crippen LogP contribution in [0, 0.1) is 5.82 Å². The van der Waals surface area contributed by atoms with E-state index in [0.29, 0.717) is 5.56 Å². The van der Waals surface area contributed by atoms with E-state index in [9.17, 15) is 14.0 Å². The van der Waals surface area contributed by atoms with Crippen LogP contribution >= 0.6 is 11.6 Å². The van der Waals surface area contributed by atoms with E-state index in [1.807, 2.05) is 24.3 Å². The van der Waals surface area contributed by atoms with Gasteiger partial charge in [0.15, 0.2) is 6.29 Å². The number of benzene rings is 2. The Morgan fingerprint density at radius 2 is 2.04 bits per heavy atom. The molecule has 6 heteroatoms. The third-order valence-electron chi connectivity index (χ3n) is 3.47. The largest absolute Gasteiger partial charge is 0.337 e.